The lowest BCUT2D eigenvalue weighted by Crippen LogP contribution is -2.22. The van der Waals surface area contributed by atoms with Gasteiger partial charge in [0.05, 0.1) is 11.4 Å². The molecular weight excluding hydrogens is 380 g/mol. The van der Waals surface area contributed by atoms with E-state index in [1.807, 2.05) is 6.92 Å². The van der Waals surface area contributed by atoms with Crippen molar-refractivity contribution in [1.82, 2.24) is 10.2 Å². The highest BCUT2D eigenvalue weighted by molar-refractivity contribution is 8.02. The van der Waals surface area contributed by atoms with Crippen molar-refractivity contribution in [2.75, 3.05) is 23.8 Å². The molecule has 1 aliphatic heterocycles. The smallest absolute Gasteiger partial charge is 0.237 e. The van der Waals surface area contributed by atoms with Crippen molar-refractivity contribution < 1.29 is 9.53 Å². The molecule has 25 heavy (non-hydrogen) atoms. The van der Waals surface area contributed by atoms with Crippen molar-refractivity contribution >= 4 is 51.4 Å². The number of anilines is 2. The standard InChI is InChI=1S/C16H19ClN4O2S2/c1-10(14(22)19-12-6-4-11(17)5-7-12)24-16-21-20-15(25-16)18-9-13-3-2-8-23-13/h4-7,10,13H,2-3,8-9H2,1H3,(H,18,20)(H,19,22). The topological polar surface area (TPSA) is 76.1 Å². The summed E-state index contributed by atoms with van der Waals surface area (Å²) in [5.74, 6) is -0.0867. The highest BCUT2D eigenvalue weighted by Crippen LogP contribution is 2.29. The number of amides is 1. The van der Waals surface area contributed by atoms with Crippen LogP contribution in [0, 0.1) is 0 Å². The Hall–Kier alpha value is -1.35. The van der Waals surface area contributed by atoms with Gasteiger partial charge in [0.15, 0.2) is 4.34 Å². The average molecular weight is 399 g/mol. The molecule has 1 aromatic heterocycles. The average Bonchev–Trinajstić information content (AvgIpc) is 3.26. The van der Waals surface area contributed by atoms with E-state index in [9.17, 15) is 4.79 Å². The van der Waals surface area contributed by atoms with Crippen LogP contribution in [0.4, 0.5) is 10.8 Å². The monoisotopic (exact) mass is 398 g/mol. The van der Waals surface area contributed by atoms with Crippen LogP contribution in [0.5, 0.6) is 0 Å². The molecule has 0 aliphatic carbocycles. The minimum absolute atomic E-state index is 0.0867. The Morgan fingerprint density at radius 2 is 2.24 bits per heavy atom. The molecule has 0 spiro atoms. The zero-order valence-corrected chi connectivity index (χ0v) is 16.1. The molecule has 2 heterocycles. The van der Waals surface area contributed by atoms with Crippen LogP contribution in [-0.4, -0.2) is 40.6 Å². The molecule has 9 heteroatoms. The number of nitrogens with zero attached hydrogens (tertiary/aromatic N) is 2. The zero-order valence-electron chi connectivity index (χ0n) is 13.7. The number of carbonyl (C=O) groups excluding carboxylic acids is 1. The molecule has 1 aromatic carbocycles. The molecular formula is C16H19ClN4O2S2. The van der Waals surface area contributed by atoms with Crippen molar-refractivity contribution in [3.05, 3.63) is 29.3 Å². The second-order valence-electron chi connectivity index (χ2n) is 5.65. The van der Waals surface area contributed by atoms with Crippen molar-refractivity contribution in [2.45, 2.75) is 35.5 Å². The fraction of sp³-hybridized carbons (Fsp3) is 0.438. The number of carbonyl (C=O) groups is 1. The second-order valence-corrected chi connectivity index (χ2v) is 8.65. The van der Waals surface area contributed by atoms with E-state index in [1.165, 1.54) is 23.1 Å². The summed E-state index contributed by atoms with van der Waals surface area (Å²) in [5, 5.41) is 15.5. The van der Waals surface area contributed by atoms with Gasteiger partial charge in [0, 0.05) is 23.9 Å². The molecule has 2 aromatic rings. The molecule has 2 N–H and O–H groups in total. The molecule has 3 rings (SSSR count). The maximum absolute atomic E-state index is 12.3. The molecule has 1 fully saturated rings. The Balaban J connectivity index is 1.47. The number of halogens is 1. The Morgan fingerprint density at radius 3 is 2.96 bits per heavy atom. The van der Waals surface area contributed by atoms with E-state index < -0.39 is 0 Å². The van der Waals surface area contributed by atoms with E-state index >= 15 is 0 Å². The van der Waals surface area contributed by atoms with E-state index in [2.05, 4.69) is 20.8 Å². The lowest BCUT2D eigenvalue weighted by molar-refractivity contribution is -0.115. The van der Waals surface area contributed by atoms with E-state index in [4.69, 9.17) is 16.3 Å². The van der Waals surface area contributed by atoms with Gasteiger partial charge >= 0.3 is 0 Å². The number of aromatic nitrogens is 2. The van der Waals surface area contributed by atoms with E-state index in [0.29, 0.717) is 5.02 Å². The van der Waals surface area contributed by atoms with Crippen LogP contribution in [0.2, 0.25) is 5.02 Å². The number of thioether (sulfide) groups is 1. The molecule has 1 aliphatic rings. The molecule has 1 saturated heterocycles. The first-order valence-electron chi connectivity index (χ1n) is 8.02. The third kappa shape index (κ3) is 5.57. The Morgan fingerprint density at radius 1 is 1.44 bits per heavy atom. The molecule has 0 saturated carbocycles. The van der Waals surface area contributed by atoms with Crippen LogP contribution < -0.4 is 10.6 Å². The number of nitrogens with one attached hydrogen (secondary N) is 2. The third-order valence-corrected chi connectivity index (χ3v) is 5.99. The summed E-state index contributed by atoms with van der Waals surface area (Å²) in [7, 11) is 0. The first-order chi connectivity index (χ1) is 12.1. The summed E-state index contributed by atoms with van der Waals surface area (Å²) in [5.41, 5.74) is 0.720. The lowest BCUT2D eigenvalue weighted by Gasteiger charge is -2.10. The summed E-state index contributed by atoms with van der Waals surface area (Å²) >= 11 is 8.68. The van der Waals surface area contributed by atoms with Gasteiger partial charge in [-0.3, -0.25) is 4.79 Å². The molecule has 2 atom stereocenters. The molecule has 6 nitrogen and oxygen atoms in total. The van der Waals surface area contributed by atoms with E-state index in [-0.39, 0.29) is 17.3 Å². The zero-order chi connectivity index (χ0) is 17.6. The fourth-order valence-corrected chi connectivity index (χ4v) is 4.35. The van der Waals surface area contributed by atoms with Gasteiger partial charge < -0.3 is 15.4 Å². The van der Waals surface area contributed by atoms with Crippen LogP contribution >= 0.6 is 34.7 Å². The van der Waals surface area contributed by atoms with Crippen LogP contribution in [-0.2, 0) is 9.53 Å². The van der Waals surface area contributed by atoms with Gasteiger partial charge in [0.25, 0.3) is 0 Å². The van der Waals surface area contributed by atoms with Crippen LogP contribution in [0.1, 0.15) is 19.8 Å². The minimum Gasteiger partial charge on any atom is -0.376 e. The first kappa shape index (κ1) is 18.4. The summed E-state index contributed by atoms with van der Waals surface area (Å²) in [6.45, 7) is 3.42. The highest BCUT2D eigenvalue weighted by Gasteiger charge is 2.19. The van der Waals surface area contributed by atoms with Gasteiger partial charge in [0.2, 0.25) is 11.0 Å². The molecule has 134 valence electrons. The van der Waals surface area contributed by atoms with Crippen molar-refractivity contribution in [3.8, 4) is 0 Å². The van der Waals surface area contributed by atoms with Gasteiger partial charge in [-0.25, -0.2) is 0 Å². The first-order valence-corrected chi connectivity index (χ1v) is 10.1. The largest absolute Gasteiger partial charge is 0.376 e. The van der Waals surface area contributed by atoms with Gasteiger partial charge in [-0.15, -0.1) is 10.2 Å². The summed E-state index contributed by atoms with van der Waals surface area (Å²) in [6.07, 6.45) is 2.45. The van der Waals surface area contributed by atoms with Crippen LogP contribution in [0.15, 0.2) is 28.6 Å². The van der Waals surface area contributed by atoms with E-state index in [1.54, 1.807) is 24.3 Å². The number of hydrogen-bond acceptors (Lipinski definition) is 7. The number of benzene rings is 1. The Kier molecular flexibility index (Phi) is 6.52. The SMILES string of the molecule is CC(Sc1nnc(NCC2CCCO2)s1)C(=O)Nc1ccc(Cl)cc1. The molecule has 0 radical (unpaired) electrons. The van der Waals surface area contributed by atoms with Gasteiger partial charge in [0.1, 0.15) is 0 Å². The molecule has 0 bridgehead atoms. The molecule has 1 amide bonds. The molecule has 2 unspecified atom stereocenters. The highest BCUT2D eigenvalue weighted by atomic mass is 35.5. The van der Waals surface area contributed by atoms with Crippen molar-refractivity contribution in [3.63, 3.8) is 0 Å². The van der Waals surface area contributed by atoms with Crippen molar-refractivity contribution in [2.24, 2.45) is 0 Å². The Bertz CT molecular complexity index is 704. The summed E-state index contributed by atoms with van der Waals surface area (Å²) < 4.78 is 6.33. The predicted octanol–water partition coefficient (Wildman–Crippen LogP) is 3.90. The Labute approximate surface area is 159 Å². The second kappa shape index (κ2) is 8.84. The fourth-order valence-electron chi connectivity index (χ4n) is 2.32. The third-order valence-electron chi connectivity index (χ3n) is 3.67. The van der Waals surface area contributed by atoms with Crippen LogP contribution in [0.25, 0.3) is 0 Å². The minimum atomic E-state index is -0.283. The van der Waals surface area contributed by atoms with Crippen molar-refractivity contribution in [1.29, 1.82) is 0 Å². The van der Waals surface area contributed by atoms with E-state index in [0.717, 1.165) is 41.2 Å². The lowest BCUT2D eigenvalue weighted by atomic mass is 10.2. The van der Waals surface area contributed by atoms with Gasteiger partial charge in [-0.2, -0.15) is 0 Å². The van der Waals surface area contributed by atoms with Crippen LogP contribution in [0.3, 0.4) is 0 Å². The van der Waals surface area contributed by atoms with Gasteiger partial charge in [-0.05, 0) is 44.0 Å². The normalized spacial score (nSPS) is 18.1. The van der Waals surface area contributed by atoms with Gasteiger partial charge in [-0.1, -0.05) is 34.7 Å². The summed E-state index contributed by atoms with van der Waals surface area (Å²) in [6, 6.07) is 7.03. The summed E-state index contributed by atoms with van der Waals surface area (Å²) in [4.78, 5) is 12.3. The number of rotatable bonds is 7. The quantitative estimate of drug-likeness (QED) is 0.689. The maximum Gasteiger partial charge on any atom is 0.237 e. The predicted molar refractivity (Wildman–Crippen MR) is 103 cm³/mol. The number of hydrogen-bond donors (Lipinski definition) is 2. The maximum atomic E-state index is 12.3. The number of ether oxygens (including phenoxy) is 1.